The van der Waals surface area contributed by atoms with Crippen LogP contribution in [0, 0.1) is 11.8 Å². The molecule has 0 saturated heterocycles. The highest BCUT2D eigenvalue weighted by Crippen LogP contribution is 2.12. The summed E-state index contributed by atoms with van der Waals surface area (Å²) in [6.45, 7) is 8.77. The van der Waals surface area contributed by atoms with Crippen molar-refractivity contribution in [2.75, 3.05) is 32.8 Å². The predicted molar refractivity (Wildman–Crippen MR) is 84.9 cm³/mol. The van der Waals surface area contributed by atoms with Gasteiger partial charge in [-0.15, -0.1) is 0 Å². The molecule has 0 spiro atoms. The van der Waals surface area contributed by atoms with Crippen LogP contribution >= 0.6 is 0 Å². The Bertz CT molecular complexity index is 428. The Kier molecular flexibility index (Phi) is 8.53. The summed E-state index contributed by atoms with van der Waals surface area (Å²) in [5, 5.41) is 0. The fraction of sp³-hybridized carbons (Fsp3) is 0.529. The highest BCUT2D eigenvalue weighted by Gasteiger charge is 2.02. The Labute approximate surface area is 123 Å². The van der Waals surface area contributed by atoms with E-state index in [1.807, 2.05) is 24.3 Å². The van der Waals surface area contributed by atoms with Gasteiger partial charge in [-0.05, 0) is 44.1 Å². The van der Waals surface area contributed by atoms with E-state index >= 15 is 0 Å². The fourth-order valence-electron chi connectivity index (χ4n) is 2.08. The van der Waals surface area contributed by atoms with Gasteiger partial charge in [0.15, 0.2) is 0 Å². The topological polar surface area (TPSA) is 38.5 Å². The third kappa shape index (κ3) is 6.60. The van der Waals surface area contributed by atoms with Gasteiger partial charge >= 0.3 is 0 Å². The van der Waals surface area contributed by atoms with Gasteiger partial charge in [0.1, 0.15) is 12.4 Å². The van der Waals surface area contributed by atoms with E-state index in [0.717, 1.165) is 30.9 Å². The average Bonchev–Trinajstić information content (AvgIpc) is 2.46. The highest BCUT2D eigenvalue weighted by atomic mass is 16.5. The molecule has 0 bridgehead atoms. The van der Waals surface area contributed by atoms with Crippen LogP contribution in [0.2, 0.25) is 0 Å². The Hall–Kier alpha value is -1.50. The summed E-state index contributed by atoms with van der Waals surface area (Å²) in [5.41, 5.74) is 6.33. The molecule has 0 saturated carbocycles. The van der Waals surface area contributed by atoms with Crippen LogP contribution in [-0.2, 0) is 0 Å². The Morgan fingerprint density at radius 3 is 2.55 bits per heavy atom. The zero-order chi connectivity index (χ0) is 14.6. The second-order valence-corrected chi connectivity index (χ2v) is 4.72. The average molecular weight is 274 g/mol. The van der Waals surface area contributed by atoms with E-state index in [4.69, 9.17) is 10.5 Å². The summed E-state index contributed by atoms with van der Waals surface area (Å²) in [6, 6.07) is 7.87. The molecule has 0 amide bonds. The molecule has 0 aliphatic carbocycles. The van der Waals surface area contributed by atoms with E-state index in [-0.39, 0.29) is 0 Å². The summed E-state index contributed by atoms with van der Waals surface area (Å²) in [5.74, 6) is 6.75. The minimum atomic E-state index is 0.383. The second-order valence-electron chi connectivity index (χ2n) is 4.72. The van der Waals surface area contributed by atoms with Crippen molar-refractivity contribution in [3.05, 3.63) is 29.8 Å². The zero-order valence-electron chi connectivity index (χ0n) is 12.7. The van der Waals surface area contributed by atoms with E-state index in [0.29, 0.717) is 13.2 Å². The summed E-state index contributed by atoms with van der Waals surface area (Å²) >= 11 is 0. The Morgan fingerprint density at radius 1 is 1.15 bits per heavy atom. The number of ether oxygens (including phenoxy) is 1. The van der Waals surface area contributed by atoms with E-state index in [1.165, 1.54) is 12.8 Å². The molecule has 1 aromatic carbocycles. The molecule has 0 aliphatic heterocycles. The highest BCUT2D eigenvalue weighted by molar-refractivity contribution is 5.39. The Balaban J connectivity index is 2.44. The van der Waals surface area contributed by atoms with Crippen LogP contribution in [0.1, 0.15) is 32.3 Å². The van der Waals surface area contributed by atoms with Crippen molar-refractivity contribution < 1.29 is 4.74 Å². The number of nitrogens with zero attached hydrogens (tertiary/aromatic N) is 1. The van der Waals surface area contributed by atoms with E-state index in [1.54, 1.807) is 0 Å². The van der Waals surface area contributed by atoms with Gasteiger partial charge in [-0.25, -0.2) is 0 Å². The normalized spacial score (nSPS) is 10.2. The van der Waals surface area contributed by atoms with E-state index in [2.05, 4.69) is 30.6 Å². The molecule has 0 aliphatic rings. The number of hydrogen-bond donors (Lipinski definition) is 1. The van der Waals surface area contributed by atoms with Crippen LogP contribution in [0.3, 0.4) is 0 Å². The number of benzene rings is 1. The predicted octanol–water partition coefficient (Wildman–Crippen LogP) is 2.50. The van der Waals surface area contributed by atoms with Crippen molar-refractivity contribution in [3.8, 4) is 17.6 Å². The van der Waals surface area contributed by atoms with Crippen LogP contribution < -0.4 is 10.5 Å². The summed E-state index contributed by atoms with van der Waals surface area (Å²) in [4.78, 5) is 2.44. The van der Waals surface area contributed by atoms with Gasteiger partial charge in [-0.2, -0.15) is 0 Å². The largest absolute Gasteiger partial charge is 0.492 e. The maximum absolute atomic E-state index is 5.81. The smallest absolute Gasteiger partial charge is 0.120 e. The number of rotatable bonds is 8. The number of nitrogens with two attached hydrogens (primary N) is 1. The molecular formula is C17H26N2O. The van der Waals surface area contributed by atoms with E-state index < -0.39 is 0 Å². The SMILES string of the molecule is CCCN(CCC)CCOc1cccc(C#CCN)c1. The van der Waals surface area contributed by atoms with Crippen molar-refractivity contribution in [2.45, 2.75) is 26.7 Å². The summed E-state index contributed by atoms with van der Waals surface area (Å²) < 4.78 is 5.81. The first-order chi connectivity index (χ1) is 9.80. The molecule has 0 fully saturated rings. The lowest BCUT2D eigenvalue weighted by Gasteiger charge is -2.20. The van der Waals surface area contributed by atoms with Crippen molar-refractivity contribution in [2.24, 2.45) is 5.73 Å². The van der Waals surface area contributed by atoms with Crippen molar-refractivity contribution in [3.63, 3.8) is 0 Å². The van der Waals surface area contributed by atoms with Crippen molar-refractivity contribution in [1.29, 1.82) is 0 Å². The van der Waals surface area contributed by atoms with Gasteiger partial charge in [0.2, 0.25) is 0 Å². The molecule has 1 aromatic rings. The first-order valence-corrected chi connectivity index (χ1v) is 7.44. The lowest BCUT2D eigenvalue weighted by Crippen LogP contribution is -2.30. The second kappa shape index (κ2) is 10.3. The van der Waals surface area contributed by atoms with Crippen LogP contribution in [0.25, 0.3) is 0 Å². The maximum Gasteiger partial charge on any atom is 0.120 e. The van der Waals surface area contributed by atoms with Gasteiger partial charge < -0.3 is 10.5 Å². The standard InChI is InChI=1S/C17H26N2O/c1-3-11-19(12-4-2)13-14-20-17-9-5-7-16(15-17)8-6-10-18/h5,7,9,15H,3-4,10-14,18H2,1-2H3. The van der Waals surface area contributed by atoms with Crippen LogP contribution in [-0.4, -0.2) is 37.7 Å². The zero-order valence-corrected chi connectivity index (χ0v) is 12.7. The monoisotopic (exact) mass is 274 g/mol. The van der Waals surface area contributed by atoms with Gasteiger partial charge in [-0.3, -0.25) is 4.90 Å². The van der Waals surface area contributed by atoms with Gasteiger partial charge in [-0.1, -0.05) is 31.8 Å². The molecule has 110 valence electrons. The fourth-order valence-corrected chi connectivity index (χ4v) is 2.08. The third-order valence-electron chi connectivity index (χ3n) is 2.92. The van der Waals surface area contributed by atoms with Gasteiger partial charge in [0.25, 0.3) is 0 Å². The molecule has 0 radical (unpaired) electrons. The van der Waals surface area contributed by atoms with Crippen LogP contribution in [0.4, 0.5) is 0 Å². The van der Waals surface area contributed by atoms with Crippen molar-refractivity contribution in [1.82, 2.24) is 4.90 Å². The summed E-state index contributed by atoms with van der Waals surface area (Å²) in [6.07, 6.45) is 2.37. The summed E-state index contributed by atoms with van der Waals surface area (Å²) in [7, 11) is 0. The molecule has 1 rings (SSSR count). The molecule has 3 nitrogen and oxygen atoms in total. The van der Waals surface area contributed by atoms with Crippen LogP contribution in [0.5, 0.6) is 5.75 Å². The maximum atomic E-state index is 5.81. The Morgan fingerprint density at radius 2 is 1.90 bits per heavy atom. The first-order valence-electron chi connectivity index (χ1n) is 7.44. The van der Waals surface area contributed by atoms with Gasteiger partial charge in [0, 0.05) is 12.1 Å². The molecule has 0 unspecified atom stereocenters. The van der Waals surface area contributed by atoms with E-state index in [9.17, 15) is 0 Å². The molecule has 2 N–H and O–H groups in total. The molecule has 3 heteroatoms. The molecular weight excluding hydrogens is 248 g/mol. The number of hydrogen-bond acceptors (Lipinski definition) is 3. The minimum Gasteiger partial charge on any atom is -0.492 e. The quantitative estimate of drug-likeness (QED) is 0.740. The molecule has 20 heavy (non-hydrogen) atoms. The van der Waals surface area contributed by atoms with Crippen molar-refractivity contribution >= 4 is 0 Å². The lowest BCUT2D eigenvalue weighted by molar-refractivity contribution is 0.209. The molecule has 0 atom stereocenters. The molecule has 0 heterocycles. The van der Waals surface area contributed by atoms with Gasteiger partial charge in [0.05, 0.1) is 6.54 Å². The first kappa shape index (κ1) is 16.6. The third-order valence-corrected chi connectivity index (χ3v) is 2.92. The minimum absolute atomic E-state index is 0.383. The molecule has 0 aromatic heterocycles. The van der Waals surface area contributed by atoms with Crippen LogP contribution in [0.15, 0.2) is 24.3 Å². The lowest BCUT2D eigenvalue weighted by atomic mass is 10.2.